The van der Waals surface area contributed by atoms with E-state index in [-0.39, 0.29) is 11.1 Å². The topological polar surface area (TPSA) is 58.4 Å². The molecule has 0 unspecified atom stereocenters. The Kier molecular flexibility index (Phi) is 4.27. The van der Waals surface area contributed by atoms with E-state index in [1.807, 2.05) is 6.92 Å². The molecule has 0 aliphatic carbocycles. The smallest absolute Gasteiger partial charge is 0.260 e. The Labute approximate surface area is 115 Å². The Morgan fingerprint density at radius 2 is 2.05 bits per heavy atom. The molecule has 1 aliphatic heterocycles. The fourth-order valence-corrected chi connectivity index (χ4v) is 4.03. The molecule has 0 amide bonds. The molecule has 2 rings (SSSR count). The summed E-state index contributed by atoms with van der Waals surface area (Å²) in [5.74, 6) is 0. The van der Waals surface area contributed by atoms with Crippen LogP contribution in [0.25, 0.3) is 0 Å². The highest BCUT2D eigenvalue weighted by Crippen LogP contribution is 2.22. The zero-order chi connectivity index (χ0) is 14.0. The van der Waals surface area contributed by atoms with Gasteiger partial charge in [0.05, 0.1) is 12.5 Å². The number of sulfonamides is 1. The lowest BCUT2D eigenvalue weighted by Gasteiger charge is -2.34. The van der Waals surface area contributed by atoms with Crippen LogP contribution in [-0.4, -0.2) is 60.4 Å². The zero-order valence-electron chi connectivity index (χ0n) is 11.8. The number of hydrogen-bond donors (Lipinski definition) is 0. The van der Waals surface area contributed by atoms with Gasteiger partial charge in [0.15, 0.2) is 5.03 Å². The highest BCUT2D eigenvalue weighted by Gasteiger charge is 2.31. The van der Waals surface area contributed by atoms with Crippen LogP contribution in [0.2, 0.25) is 0 Å². The van der Waals surface area contributed by atoms with Gasteiger partial charge in [0, 0.05) is 19.6 Å². The molecule has 1 saturated heterocycles. The standard InChI is InChI=1S/C12H22N4O2S/c1-4-16-10-13-9-12(16)19(17,18)15(3)11-5-7-14(2)8-6-11/h9-11H,4-8H2,1-3H3. The number of aryl methyl sites for hydroxylation is 1. The summed E-state index contributed by atoms with van der Waals surface area (Å²) in [5, 5.41) is 0.288. The second kappa shape index (κ2) is 5.60. The monoisotopic (exact) mass is 286 g/mol. The molecular weight excluding hydrogens is 264 g/mol. The molecule has 1 aliphatic rings. The van der Waals surface area contributed by atoms with E-state index in [1.165, 1.54) is 10.5 Å². The van der Waals surface area contributed by atoms with E-state index in [4.69, 9.17) is 0 Å². The van der Waals surface area contributed by atoms with Gasteiger partial charge in [-0.25, -0.2) is 13.4 Å². The highest BCUT2D eigenvalue weighted by atomic mass is 32.2. The quantitative estimate of drug-likeness (QED) is 0.814. The van der Waals surface area contributed by atoms with Crippen molar-refractivity contribution in [3.63, 3.8) is 0 Å². The Hall–Kier alpha value is -0.920. The number of rotatable bonds is 4. The summed E-state index contributed by atoms with van der Waals surface area (Å²) in [6.45, 7) is 4.40. The van der Waals surface area contributed by atoms with Gasteiger partial charge in [-0.1, -0.05) is 0 Å². The predicted octanol–water partition coefficient (Wildman–Crippen LogP) is 0.618. The summed E-state index contributed by atoms with van der Waals surface area (Å²) in [5.41, 5.74) is 0. The average Bonchev–Trinajstić information content (AvgIpc) is 2.87. The molecule has 0 N–H and O–H groups in total. The number of likely N-dealkylation sites (tertiary alicyclic amines) is 1. The van der Waals surface area contributed by atoms with Crippen molar-refractivity contribution in [2.45, 2.75) is 37.4 Å². The van der Waals surface area contributed by atoms with Crippen LogP contribution < -0.4 is 0 Å². The number of aromatic nitrogens is 2. The zero-order valence-corrected chi connectivity index (χ0v) is 12.6. The Morgan fingerprint density at radius 3 is 2.63 bits per heavy atom. The normalized spacial score (nSPS) is 19.2. The van der Waals surface area contributed by atoms with E-state index in [1.54, 1.807) is 17.9 Å². The van der Waals surface area contributed by atoms with E-state index in [9.17, 15) is 8.42 Å². The second-order valence-corrected chi connectivity index (χ2v) is 7.02. The van der Waals surface area contributed by atoms with Crippen molar-refractivity contribution in [1.82, 2.24) is 18.8 Å². The van der Waals surface area contributed by atoms with Gasteiger partial charge >= 0.3 is 0 Å². The summed E-state index contributed by atoms with van der Waals surface area (Å²) < 4.78 is 28.4. The van der Waals surface area contributed by atoms with E-state index in [2.05, 4.69) is 16.9 Å². The molecule has 0 saturated carbocycles. The van der Waals surface area contributed by atoms with Crippen LogP contribution in [0.1, 0.15) is 19.8 Å². The average molecular weight is 286 g/mol. The molecular formula is C12H22N4O2S. The first-order chi connectivity index (χ1) is 8.96. The van der Waals surface area contributed by atoms with Gasteiger partial charge in [0.1, 0.15) is 0 Å². The first-order valence-corrected chi connectivity index (χ1v) is 8.07. The maximum atomic E-state index is 12.6. The van der Waals surface area contributed by atoms with Crippen LogP contribution >= 0.6 is 0 Å². The summed E-state index contributed by atoms with van der Waals surface area (Å²) in [6.07, 6.45) is 4.76. The maximum Gasteiger partial charge on any atom is 0.260 e. The molecule has 1 aromatic rings. The first-order valence-electron chi connectivity index (χ1n) is 6.63. The molecule has 1 fully saturated rings. The predicted molar refractivity (Wildman–Crippen MR) is 73.4 cm³/mol. The van der Waals surface area contributed by atoms with Crippen molar-refractivity contribution < 1.29 is 8.42 Å². The van der Waals surface area contributed by atoms with Gasteiger partial charge in [-0.3, -0.25) is 0 Å². The third-order valence-corrected chi connectivity index (χ3v) is 5.79. The summed E-state index contributed by atoms with van der Waals surface area (Å²) in [4.78, 5) is 6.18. The molecule has 2 heterocycles. The van der Waals surface area contributed by atoms with Crippen LogP contribution in [0.3, 0.4) is 0 Å². The summed E-state index contributed by atoms with van der Waals surface area (Å²) >= 11 is 0. The molecule has 19 heavy (non-hydrogen) atoms. The third kappa shape index (κ3) is 2.82. The minimum absolute atomic E-state index is 0.0846. The number of piperidine rings is 1. The minimum atomic E-state index is -3.44. The minimum Gasteiger partial charge on any atom is -0.321 e. The van der Waals surface area contributed by atoms with Crippen molar-refractivity contribution in [2.24, 2.45) is 0 Å². The molecule has 0 bridgehead atoms. The lowest BCUT2D eigenvalue weighted by molar-refractivity contribution is 0.197. The van der Waals surface area contributed by atoms with Crippen molar-refractivity contribution in [2.75, 3.05) is 27.2 Å². The number of imidazole rings is 1. The van der Waals surface area contributed by atoms with E-state index < -0.39 is 10.0 Å². The van der Waals surface area contributed by atoms with E-state index >= 15 is 0 Å². The fraction of sp³-hybridized carbons (Fsp3) is 0.750. The third-order valence-electron chi connectivity index (χ3n) is 3.86. The van der Waals surface area contributed by atoms with Gasteiger partial charge in [-0.2, -0.15) is 4.31 Å². The van der Waals surface area contributed by atoms with Gasteiger partial charge in [-0.15, -0.1) is 0 Å². The van der Waals surface area contributed by atoms with Crippen LogP contribution in [0, 0.1) is 0 Å². The van der Waals surface area contributed by atoms with Crippen molar-refractivity contribution in [3.8, 4) is 0 Å². The van der Waals surface area contributed by atoms with Gasteiger partial charge in [0.2, 0.25) is 0 Å². The number of nitrogens with zero attached hydrogens (tertiary/aromatic N) is 4. The Balaban J connectivity index is 2.20. The molecule has 0 atom stereocenters. The summed E-state index contributed by atoms with van der Waals surface area (Å²) in [6, 6.07) is 0.0846. The van der Waals surface area contributed by atoms with Gasteiger partial charge in [0.25, 0.3) is 10.0 Å². The second-order valence-electron chi connectivity index (χ2n) is 5.07. The van der Waals surface area contributed by atoms with E-state index in [0.29, 0.717) is 6.54 Å². The molecule has 0 radical (unpaired) electrons. The van der Waals surface area contributed by atoms with Gasteiger partial charge in [-0.05, 0) is 39.9 Å². The van der Waals surface area contributed by atoms with Crippen molar-refractivity contribution in [1.29, 1.82) is 0 Å². The Bertz CT molecular complexity index is 518. The maximum absolute atomic E-state index is 12.6. The first kappa shape index (κ1) is 14.5. The molecule has 7 heteroatoms. The van der Waals surface area contributed by atoms with Crippen molar-refractivity contribution >= 4 is 10.0 Å². The van der Waals surface area contributed by atoms with E-state index in [0.717, 1.165) is 25.9 Å². The Morgan fingerprint density at radius 1 is 1.42 bits per heavy atom. The largest absolute Gasteiger partial charge is 0.321 e. The number of hydrogen-bond acceptors (Lipinski definition) is 4. The summed E-state index contributed by atoms with van der Waals surface area (Å²) in [7, 11) is 0.305. The van der Waals surface area contributed by atoms with Gasteiger partial charge < -0.3 is 9.47 Å². The lowest BCUT2D eigenvalue weighted by Crippen LogP contribution is -2.44. The fourth-order valence-electron chi connectivity index (χ4n) is 2.46. The van der Waals surface area contributed by atoms with Crippen LogP contribution in [0.4, 0.5) is 0 Å². The lowest BCUT2D eigenvalue weighted by atomic mass is 10.1. The molecule has 1 aromatic heterocycles. The SMILES string of the molecule is CCn1cncc1S(=O)(=O)N(C)C1CCN(C)CC1. The molecule has 0 spiro atoms. The van der Waals surface area contributed by atoms with Crippen LogP contribution in [0.5, 0.6) is 0 Å². The molecule has 6 nitrogen and oxygen atoms in total. The van der Waals surface area contributed by atoms with Crippen LogP contribution in [-0.2, 0) is 16.6 Å². The van der Waals surface area contributed by atoms with Crippen molar-refractivity contribution in [3.05, 3.63) is 12.5 Å². The molecule has 108 valence electrons. The highest BCUT2D eigenvalue weighted by molar-refractivity contribution is 7.89. The molecule has 0 aromatic carbocycles. The van der Waals surface area contributed by atoms with Crippen LogP contribution in [0.15, 0.2) is 17.6 Å².